The quantitative estimate of drug-likeness (QED) is 0.381. The van der Waals surface area contributed by atoms with Crippen LogP contribution in [0.2, 0.25) is 0 Å². The molecule has 0 atom stereocenters. The zero-order valence-corrected chi connectivity index (χ0v) is 18.9. The summed E-state index contributed by atoms with van der Waals surface area (Å²) in [6.07, 6.45) is 4.10. The summed E-state index contributed by atoms with van der Waals surface area (Å²) in [5, 5.41) is 14.8. The van der Waals surface area contributed by atoms with E-state index in [1.54, 1.807) is 11.8 Å². The van der Waals surface area contributed by atoms with Gasteiger partial charge in [-0.15, -0.1) is 10.2 Å². The second-order valence-corrected chi connectivity index (χ2v) is 8.32. The first kappa shape index (κ1) is 24.8. The molecule has 0 unspecified atom stereocenters. The normalized spacial score (nSPS) is 11.0. The number of thioether (sulfide) groups is 1. The van der Waals surface area contributed by atoms with Gasteiger partial charge in [-0.2, -0.15) is 0 Å². The smallest absolute Gasteiger partial charge is 0.254 e. The van der Waals surface area contributed by atoms with Gasteiger partial charge < -0.3 is 15.2 Å². The van der Waals surface area contributed by atoms with Gasteiger partial charge in [0.1, 0.15) is 17.5 Å². The maximum Gasteiger partial charge on any atom is 0.254 e. The molecule has 7 nitrogen and oxygen atoms in total. The van der Waals surface area contributed by atoms with E-state index in [1.165, 1.54) is 0 Å². The average Bonchev–Trinajstić information content (AvgIpc) is 3.09. The van der Waals surface area contributed by atoms with E-state index in [4.69, 9.17) is 0 Å². The molecule has 0 aliphatic rings. The molecule has 1 aromatic carbocycles. The highest BCUT2D eigenvalue weighted by atomic mass is 32.2. The van der Waals surface area contributed by atoms with Gasteiger partial charge >= 0.3 is 0 Å². The standard InChI is InChI=1S/C21H29F2N5O2S/c1-14(2)13-28-18(26-27-21(28)31-3)6-4-10-24-19(29)7-5-11-25-20(30)16-9-8-15(22)12-17(16)23/h8-9,12,14H,4-7,10-11,13H2,1-3H3,(H,24,29)(H,25,30). The van der Waals surface area contributed by atoms with E-state index in [0.29, 0.717) is 24.9 Å². The van der Waals surface area contributed by atoms with Crippen LogP contribution in [0, 0.1) is 17.6 Å². The summed E-state index contributed by atoms with van der Waals surface area (Å²) in [6.45, 7) is 5.89. The van der Waals surface area contributed by atoms with E-state index < -0.39 is 17.5 Å². The van der Waals surface area contributed by atoms with Crippen LogP contribution in [-0.4, -0.2) is 45.9 Å². The molecule has 0 saturated heterocycles. The Labute approximate surface area is 185 Å². The molecule has 0 radical (unpaired) electrons. The Morgan fingerprint density at radius 1 is 1.13 bits per heavy atom. The summed E-state index contributed by atoms with van der Waals surface area (Å²) in [5.41, 5.74) is -0.221. The predicted molar refractivity (Wildman–Crippen MR) is 116 cm³/mol. The van der Waals surface area contributed by atoms with Crippen LogP contribution in [0.15, 0.2) is 23.4 Å². The molecule has 0 fully saturated rings. The molecule has 31 heavy (non-hydrogen) atoms. The number of carbonyl (C=O) groups is 2. The number of rotatable bonds is 12. The minimum absolute atomic E-state index is 0.115. The SMILES string of the molecule is CSc1nnc(CCCNC(=O)CCCNC(=O)c2ccc(F)cc2F)n1CC(C)C. The Hall–Kier alpha value is -2.49. The Morgan fingerprint density at radius 3 is 2.55 bits per heavy atom. The van der Waals surface area contributed by atoms with Crippen molar-refractivity contribution in [1.82, 2.24) is 25.4 Å². The number of carbonyl (C=O) groups excluding carboxylic acids is 2. The molecule has 0 aliphatic carbocycles. The van der Waals surface area contributed by atoms with Crippen LogP contribution in [0.3, 0.4) is 0 Å². The first-order valence-corrected chi connectivity index (χ1v) is 11.5. The van der Waals surface area contributed by atoms with Crippen molar-refractivity contribution in [2.24, 2.45) is 5.92 Å². The maximum absolute atomic E-state index is 13.6. The van der Waals surface area contributed by atoms with Crippen LogP contribution in [0.4, 0.5) is 8.78 Å². The van der Waals surface area contributed by atoms with E-state index in [-0.39, 0.29) is 24.4 Å². The van der Waals surface area contributed by atoms with Crippen molar-refractivity contribution in [3.63, 3.8) is 0 Å². The number of nitrogens with one attached hydrogen (secondary N) is 2. The summed E-state index contributed by atoms with van der Waals surface area (Å²) < 4.78 is 28.6. The van der Waals surface area contributed by atoms with Crippen molar-refractivity contribution in [2.45, 2.75) is 51.2 Å². The topological polar surface area (TPSA) is 88.9 Å². The lowest BCUT2D eigenvalue weighted by atomic mass is 10.2. The maximum atomic E-state index is 13.6. The van der Waals surface area contributed by atoms with Gasteiger partial charge in [0.05, 0.1) is 5.56 Å². The molecular formula is C21H29F2N5O2S. The fourth-order valence-electron chi connectivity index (χ4n) is 2.99. The lowest BCUT2D eigenvalue weighted by Crippen LogP contribution is -2.28. The van der Waals surface area contributed by atoms with Crippen molar-refractivity contribution >= 4 is 23.6 Å². The van der Waals surface area contributed by atoms with Crippen LogP contribution >= 0.6 is 11.8 Å². The summed E-state index contributed by atoms with van der Waals surface area (Å²) in [5.74, 6) is -0.994. The van der Waals surface area contributed by atoms with E-state index in [0.717, 1.165) is 42.5 Å². The van der Waals surface area contributed by atoms with Crippen molar-refractivity contribution in [1.29, 1.82) is 0 Å². The highest BCUT2D eigenvalue weighted by Crippen LogP contribution is 2.16. The lowest BCUT2D eigenvalue weighted by molar-refractivity contribution is -0.121. The Kier molecular flexibility index (Phi) is 9.90. The number of benzene rings is 1. The summed E-state index contributed by atoms with van der Waals surface area (Å²) in [6, 6.07) is 2.78. The fourth-order valence-corrected chi connectivity index (χ4v) is 3.51. The van der Waals surface area contributed by atoms with Crippen molar-refractivity contribution in [2.75, 3.05) is 19.3 Å². The van der Waals surface area contributed by atoms with E-state index in [9.17, 15) is 18.4 Å². The molecule has 2 aromatic rings. The molecule has 2 rings (SSSR count). The minimum Gasteiger partial charge on any atom is -0.356 e. The van der Waals surface area contributed by atoms with Crippen molar-refractivity contribution < 1.29 is 18.4 Å². The summed E-state index contributed by atoms with van der Waals surface area (Å²) in [7, 11) is 0. The minimum atomic E-state index is -0.913. The second-order valence-electron chi connectivity index (χ2n) is 7.54. The van der Waals surface area contributed by atoms with Crippen LogP contribution in [0.25, 0.3) is 0 Å². The lowest BCUT2D eigenvalue weighted by Gasteiger charge is -2.12. The number of aromatic nitrogens is 3. The zero-order chi connectivity index (χ0) is 22.8. The van der Waals surface area contributed by atoms with Gasteiger partial charge in [0.2, 0.25) is 5.91 Å². The fraction of sp³-hybridized carbons (Fsp3) is 0.524. The Morgan fingerprint density at radius 2 is 1.87 bits per heavy atom. The number of amides is 2. The van der Waals surface area contributed by atoms with Gasteiger partial charge in [-0.3, -0.25) is 9.59 Å². The zero-order valence-electron chi connectivity index (χ0n) is 18.1. The van der Waals surface area contributed by atoms with E-state index in [1.807, 2.05) is 6.26 Å². The molecule has 0 saturated carbocycles. The number of aryl methyl sites for hydroxylation is 1. The highest BCUT2D eigenvalue weighted by Gasteiger charge is 2.13. The third-order valence-electron chi connectivity index (χ3n) is 4.47. The second kappa shape index (κ2) is 12.4. The average molecular weight is 454 g/mol. The van der Waals surface area contributed by atoms with Crippen molar-refractivity contribution in [3.05, 3.63) is 41.2 Å². The number of halogens is 2. The molecule has 0 aliphatic heterocycles. The van der Waals surface area contributed by atoms with Gasteiger partial charge in [0.15, 0.2) is 5.16 Å². The van der Waals surface area contributed by atoms with Gasteiger partial charge in [-0.05, 0) is 37.1 Å². The van der Waals surface area contributed by atoms with Crippen LogP contribution in [-0.2, 0) is 17.8 Å². The third kappa shape index (κ3) is 7.93. The molecule has 1 heterocycles. The first-order valence-electron chi connectivity index (χ1n) is 10.3. The number of nitrogens with zero attached hydrogens (tertiary/aromatic N) is 3. The Balaban J connectivity index is 1.64. The molecule has 170 valence electrons. The van der Waals surface area contributed by atoms with Crippen LogP contribution < -0.4 is 10.6 Å². The van der Waals surface area contributed by atoms with Crippen molar-refractivity contribution in [3.8, 4) is 0 Å². The van der Waals surface area contributed by atoms with Gasteiger partial charge in [0.25, 0.3) is 5.91 Å². The third-order valence-corrected chi connectivity index (χ3v) is 5.13. The summed E-state index contributed by atoms with van der Waals surface area (Å²) in [4.78, 5) is 23.9. The summed E-state index contributed by atoms with van der Waals surface area (Å²) >= 11 is 1.57. The number of hydrogen-bond donors (Lipinski definition) is 2. The molecular weight excluding hydrogens is 424 g/mol. The number of hydrogen-bond acceptors (Lipinski definition) is 5. The van der Waals surface area contributed by atoms with E-state index in [2.05, 4.69) is 39.2 Å². The molecule has 10 heteroatoms. The molecule has 2 amide bonds. The molecule has 0 bridgehead atoms. The molecule has 2 N–H and O–H groups in total. The first-order chi connectivity index (χ1) is 14.8. The van der Waals surface area contributed by atoms with Gasteiger partial charge in [-0.25, -0.2) is 8.78 Å². The van der Waals surface area contributed by atoms with Gasteiger partial charge in [-0.1, -0.05) is 25.6 Å². The molecule has 1 aromatic heterocycles. The molecule has 0 spiro atoms. The van der Waals surface area contributed by atoms with Gasteiger partial charge in [0, 0.05) is 38.5 Å². The van der Waals surface area contributed by atoms with E-state index >= 15 is 0 Å². The highest BCUT2D eigenvalue weighted by molar-refractivity contribution is 7.98. The van der Waals surface area contributed by atoms with Crippen LogP contribution in [0.5, 0.6) is 0 Å². The predicted octanol–water partition coefficient (Wildman–Crippen LogP) is 3.19. The monoisotopic (exact) mass is 453 g/mol. The largest absolute Gasteiger partial charge is 0.356 e. The van der Waals surface area contributed by atoms with Crippen LogP contribution in [0.1, 0.15) is 49.3 Å². The Bertz CT molecular complexity index is 889.